The minimum absolute atomic E-state index is 0.325. The molecule has 6 heteroatoms. The van der Waals surface area contributed by atoms with Gasteiger partial charge in [0.05, 0.1) is 16.5 Å². The minimum Gasteiger partial charge on any atom is -0.481 e. The molecule has 0 spiro atoms. The number of benzene rings is 1. The number of nitrogens with one attached hydrogen (secondary N) is 1. The van der Waals surface area contributed by atoms with Gasteiger partial charge in [-0.25, -0.2) is 0 Å². The fourth-order valence-electron chi connectivity index (χ4n) is 2.52. The van der Waals surface area contributed by atoms with E-state index in [1.165, 1.54) is 0 Å². The normalized spacial score (nSPS) is 22.3. The van der Waals surface area contributed by atoms with Crippen molar-refractivity contribution in [2.24, 2.45) is 5.92 Å². The topological polar surface area (TPSA) is 66.4 Å². The zero-order valence-electron chi connectivity index (χ0n) is 10.7. The molecule has 2 atom stereocenters. The fraction of sp³-hybridized carbons (Fsp3) is 0.429. The highest BCUT2D eigenvalue weighted by Crippen LogP contribution is 2.26. The Morgan fingerprint density at radius 2 is 2.00 bits per heavy atom. The number of aliphatic carboxylic acids is 1. The summed E-state index contributed by atoms with van der Waals surface area (Å²) in [4.78, 5) is 23.5. The molecule has 1 aliphatic carbocycles. The number of hydrogen-bond donors (Lipinski definition) is 2. The zero-order valence-corrected chi connectivity index (χ0v) is 13.1. The average molecular weight is 361 g/mol. The number of carboxylic acid groups (broad SMARTS) is 1. The summed E-state index contributed by atoms with van der Waals surface area (Å²) in [6.07, 6.45) is 3.11. The van der Waals surface area contributed by atoms with Gasteiger partial charge < -0.3 is 10.4 Å². The van der Waals surface area contributed by atoms with Crippen molar-refractivity contribution >= 4 is 39.4 Å². The van der Waals surface area contributed by atoms with Gasteiger partial charge in [-0.15, -0.1) is 0 Å². The first-order valence-electron chi connectivity index (χ1n) is 6.48. The number of carbonyl (C=O) groups excluding carboxylic acids is 1. The first kappa shape index (κ1) is 15.3. The maximum Gasteiger partial charge on any atom is 0.308 e. The smallest absolute Gasteiger partial charge is 0.308 e. The molecule has 0 aromatic heterocycles. The Balaban J connectivity index is 2.13. The van der Waals surface area contributed by atoms with Crippen molar-refractivity contribution in [2.75, 3.05) is 0 Å². The van der Waals surface area contributed by atoms with Crippen molar-refractivity contribution in [3.8, 4) is 0 Å². The van der Waals surface area contributed by atoms with Crippen LogP contribution in [0.1, 0.15) is 36.0 Å². The second-order valence-electron chi connectivity index (χ2n) is 4.93. The highest BCUT2D eigenvalue weighted by Gasteiger charge is 2.32. The molecule has 2 rings (SSSR count). The van der Waals surface area contributed by atoms with E-state index in [0.29, 0.717) is 23.4 Å². The van der Waals surface area contributed by atoms with Crippen molar-refractivity contribution in [3.05, 3.63) is 33.3 Å². The summed E-state index contributed by atoms with van der Waals surface area (Å²) in [7, 11) is 0. The van der Waals surface area contributed by atoms with Gasteiger partial charge in [-0.05, 0) is 31.0 Å². The van der Waals surface area contributed by atoms with Crippen LogP contribution in [-0.2, 0) is 4.79 Å². The van der Waals surface area contributed by atoms with E-state index in [1.807, 2.05) is 0 Å². The average Bonchev–Trinajstić information content (AvgIpc) is 2.41. The summed E-state index contributed by atoms with van der Waals surface area (Å²) in [5.41, 5.74) is 0.357. The maximum absolute atomic E-state index is 12.2. The molecule has 1 aliphatic rings. The number of amides is 1. The van der Waals surface area contributed by atoms with Gasteiger partial charge in [0.2, 0.25) is 0 Å². The Kier molecular flexibility index (Phi) is 5.05. The third kappa shape index (κ3) is 3.52. The number of hydrogen-bond acceptors (Lipinski definition) is 2. The number of carbonyl (C=O) groups is 2. The van der Waals surface area contributed by atoms with E-state index >= 15 is 0 Å². The van der Waals surface area contributed by atoms with Crippen molar-refractivity contribution in [2.45, 2.75) is 31.7 Å². The fourth-order valence-corrected chi connectivity index (χ4v) is 3.08. The van der Waals surface area contributed by atoms with Gasteiger partial charge in [-0.3, -0.25) is 9.59 Å². The Labute approximate surface area is 130 Å². The van der Waals surface area contributed by atoms with E-state index < -0.39 is 11.9 Å². The third-order valence-electron chi connectivity index (χ3n) is 3.57. The van der Waals surface area contributed by atoms with Crippen molar-refractivity contribution < 1.29 is 14.7 Å². The molecule has 1 amide bonds. The van der Waals surface area contributed by atoms with Crippen LogP contribution in [0.3, 0.4) is 0 Å². The van der Waals surface area contributed by atoms with Crippen molar-refractivity contribution in [3.63, 3.8) is 0 Å². The largest absolute Gasteiger partial charge is 0.481 e. The van der Waals surface area contributed by atoms with E-state index in [0.717, 1.165) is 17.3 Å². The van der Waals surface area contributed by atoms with Crippen molar-refractivity contribution in [1.29, 1.82) is 0 Å². The predicted molar refractivity (Wildman–Crippen MR) is 80.0 cm³/mol. The first-order chi connectivity index (χ1) is 9.49. The van der Waals surface area contributed by atoms with Gasteiger partial charge in [0.15, 0.2) is 0 Å². The lowest BCUT2D eigenvalue weighted by Gasteiger charge is -2.29. The number of rotatable bonds is 3. The molecular weight excluding hydrogens is 346 g/mol. The lowest BCUT2D eigenvalue weighted by atomic mass is 9.84. The summed E-state index contributed by atoms with van der Waals surface area (Å²) >= 11 is 9.30. The van der Waals surface area contributed by atoms with E-state index in [9.17, 15) is 14.7 Å². The van der Waals surface area contributed by atoms with E-state index in [2.05, 4.69) is 21.2 Å². The number of carboxylic acids is 1. The second kappa shape index (κ2) is 6.59. The van der Waals surface area contributed by atoms with Crippen LogP contribution in [-0.4, -0.2) is 23.0 Å². The molecule has 0 saturated heterocycles. The van der Waals surface area contributed by atoms with Crippen LogP contribution in [0.25, 0.3) is 0 Å². The predicted octanol–water partition coefficient (Wildman–Crippen LogP) is 3.48. The molecular formula is C14H15BrClNO3. The molecule has 0 aliphatic heterocycles. The minimum atomic E-state index is -0.852. The lowest BCUT2D eigenvalue weighted by molar-refractivity contribution is -0.143. The van der Waals surface area contributed by atoms with Gasteiger partial charge in [-0.2, -0.15) is 0 Å². The molecule has 2 unspecified atom stereocenters. The second-order valence-corrected chi connectivity index (χ2v) is 6.26. The molecule has 1 aromatic carbocycles. The molecule has 2 N–H and O–H groups in total. The molecule has 4 nitrogen and oxygen atoms in total. The van der Waals surface area contributed by atoms with Gasteiger partial charge in [0.1, 0.15) is 0 Å². The van der Waals surface area contributed by atoms with Crippen molar-refractivity contribution in [1.82, 2.24) is 5.32 Å². The first-order valence-corrected chi connectivity index (χ1v) is 7.65. The van der Waals surface area contributed by atoms with E-state index in [1.54, 1.807) is 18.2 Å². The molecule has 0 bridgehead atoms. The monoisotopic (exact) mass is 359 g/mol. The summed E-state index contributed by atoms with van der Waals surface area (Å²) in [5.74, 6) is -1.69. The summed E-state index contributed by atoms with van der Waals surface area (Å²) in [5, 5.41) is 12.4. The van der Waals surface area contributed by atoms with Gasteiger partial charge >= 0.3 is 5.97 Å². The van der Waals surface area contributed by atoms with Crippen LogP contribution in [0.4, 0.5) is 0 Å². The van der Waals surface area contributed by atoms with Crippen LogP contribution < -0.4 is 5.32 Å². The molecule has 1 fully saturated rings. The standard InChI is InChI=1S/C14H15BrClNO3/c15-8-5-6-11(16)10(7-8)13(18)17-12-4-2-1-3-9(12)14(19)20/h5-7,9,12H,1-4H2,(H,17,18)(H,19,20). The van der Waals surface area contributed by atoms with Gasteiger partial charge in [0, 0.05) is 10.5 Å². The highest BCUT2D eigenvalue weighted by molar-refractivity contribution is 9.10. The van der Waals surface area contributed by atoms with Crippen LogP contribution >= 0.6 is 27.5 Å². The molecule has 108 valence electrons. The highest BCUT2D eigenvalue weighted by atomic mass is 79.9. The van der Waals surface area contributed by atoms with E-state index in [4.69, 9.17) is 11.6 Å². The van der Waals surface area contributed by atoms with Crippen LogP contribution in [0, 0.1) is 5.92 Å². The third-order valence-corrected chi connectivity index (χ3v) is 4.40. The van der Waals surface area contributed by atoms with E-state index in [-0.39, 0.29) is 11.9 Å². The molecule has 0 heterocycles. The molecule has 0 radical (unpaired) electrons. The zero-order chi connectivity index (χ0) is 14.7. The summed E-state index contributed by atoms with van der Waals surface area (Å²) in [6.45, 7) is 0. The Morgan fingerprint density at radius 3 is 2.70 bits per heavy atom. The Bertz CT molecular complexity index is 535. The summed E-state index contributed by atoms with van der Waals surface area (Å²) < 4.78 is 0.755. The van der Waals surface area contributed by atoms with Gasteiger partial charge in [0.25, 0.3) is 5.91 Å². The summed E-state index contributed by atoms with van der Waals surface area (Å²) in [6, 6.07) is 4.69. The maximum atomic E-state index is 12.2. The Morgan fingerprint density at radius 1 is 1.30 bits per heavy atom. The van der Waals surface area contributed by atoms with Gasteiger partial charge in [-0.1, -0.05) is 40.4 Å². The van der Waals surface area contributed by atoms with Crippen LogP contribution in [0.15, 0.2) is 22.7 Å². The van der Waals surface area contributed by atoms with Crippen LogP contribution in [0.5, 0.6) is 0 Å². The van der Waals surface area contributed by atoms with Crippen LogP contribution in [0.2, 0.25) is 5.02 Å². The number of halogens is 2. The molecule has 1 aromatic rings. The Hall–Kier alpha value is -1.07. The quantitative estimate of drug-likeness (QED) is 0.867. The molecule has 20 heavy (non-hydrogen) atoms. The molecule has 1 saturated carbocycles. The lowest BCUT2D eigenvalue weighted by Crippen LogP contribution is -2.45. The SMILES string of the molecule is O=C(NC1CCCCC1C(=O)O)c1cc(Br)ccc1Cl.